The first kappa shape index (κ1) is 13.5. The molecule has 1 N–H and O–H groups in total. The second-order valence-corrected chi connectivity index (χ2v) is 5.45. The van der Waals surface area contributed by atoms with Gasteiger partial charge in [-0.05, 0) is 39.5 Å². The van der Waals surface area contributed by atoms with Crippen LogP contribution in [0.15, 0.2) is 0 Å². The molecule has 0 bridgehead atoms. The molecule has 0 aromatic rings. The molecule has 1 heterocycles. The largest absolute Gasteiger partial charge is 0.459 e. The molecule has 1 aliphatic rings. The number of rotatable bonds is 2. The maximum Gasteiger partial charge on any atom is 0.326 e. The minimum Gasteiger partial charge on any atom is -0.459 e. The van der Waals surface area contributed by atoms with Crippen molar-refractivity contribution in [2.45, 2.75) is 58.6 Å². The number of carbonyl (C=O) groups excluding carboxylic acids is 1. The van der Waals surface area contributed by atoms with Crippen LogP contribution >= 0.6 is 0 Å². The van der Waals surface area contributed by atoms with Crippen molar-refractivity contribution in [1.29, 1.82) is 0 Å². The van der Waals surface area contributed by atoms with Crippen LogP contribution in [0.4, 0.5) is 0 Å². The average Bonchev–Trinajstić information content (AvgIpc) is 2.14. The number of piperidine rings is 1. The summed E-state index contributed by atoms with van der Waals surface area (Å²) >= 11 is 0. The molecule has 1 rings (SSSR count). The van der Waals surface area contributed by atoms with Gasteiger partial charge in [0, 0.05) is 6.54 Å². The monoisotopic (exact) mass is 229 g/mol. The number of hydrogen-bond acceptors (Lipinski definition) is 4. The van der Waals surface area contributed by atoms with Crippen LogP contribution in [0.3, 0.4) is 0 Å². The normalized spacial score (nSPS) is 27.8. The molecule has 94 valence electrons. The standard InChI is InChI=1S/C12H23NO3/c1-5-9-7-6-8-13(15)10(9)11(14)16-12(2,3)4/h9-10,15H,5-8H2,1-4H3. The number of nitrogens with zero attached hydrogens (tertiary/aromatic N) is 1. The maximum absolute atomic E-state index is 12.0. The van der Waals surface area contributed by atoms with Crippen molar-refractivity contribution in [2.24, 2.45) is 5.92 Å². The molecule has 0 aliphatic carbocycles. The van der Waals surface area contributed by atoms with E-state index in [9.17, 15) is 10.0 Å². The van der Waals surface area contributed by atoms with Gasteiger partial charge < -0.3 is 9.94 Å². The smallest absolute Gasteiger partial charge is 0.326 e. The average molecular weight is 229 g/mol. The van der Waals surface area contributed by atoms with Gasteiger partial charge in [0.25, 0.3) is 0 Å². The van der Waals surface area contributed by atoms with Crippen LogP contribution in [0.25, 0.3) is 0 Å². The second kappa shape index (κ2) is 5.15. The molecule has 0 aromatic carbocycles. The number of ether oxygens (including phenoxy) is 1. The quantitative estimate of drug-likeness (QED) is 0.738. The van der Waals surface area contributed by atoms with E-state index in [0.717, 1.165) is 24.3 Å². The molecule has 0 amide bonds. The van der Waals surface area contributed by atoms with Crippen LogP contribution in [0.2, 0.25) is 0 Å². The van der Waals surface area contributed by atoms with E-state index in [-0.39, 0.29) is 11.9 Å². The lowest BCUT2D eigenvalue weighted by Crippen LogP contribution is -2.50. The summed E-state index contributed by atoms with van der Waals surface area (Å²) in [6.07, 6.45) is 2.81. The Balaban J connectivity index is 2.70. The first-order chi connectivity index (χ1) is 7.35. The summed E-state index contributed by atoms with van der Waals surface area (Å²) in [5.74, 6) is -0.102. The number of hydroxylamine groups is 2. The topological polar surface area (TPSA) is 49.8 Å². The van der Waals surface area contributed by atoms with Crippen LogP contribution in [-0.4, -0.2) is 34.4 Å². The molecule has 16 heavy (non-hydrogen) atoms. The Morgan fingerprint density at radius 3 is 2.62 bits per heavy atom. The van der Waals surface area contributed by atoms with Gasteiger partial charge in [0.2, 0.25) is 0 Å². The molecule has 1 fully saturated rings. The summed E-state index contributed by atoms with van der Waals surface area (Å²) in [5, 5.41) is 10.9. The minimum atomic E-state index is -0.492. The summed E-state index contributed by atoms with van der Waals surface area (Å²) in [6, 6.07) is -0.488. The van der Waals surface area contributed by atoms with Crippen LogP contribution in [0, 0.1) is 5.92 Å². The number of carbonyl (C=O) groups is 1. The zero-order valence-electron chi connectivity index (χ0n) is 10.7. The fourth-order valence-corrected chi connectivity index (χ4v) is 2.16. The Bertz CT molecular complexity index is 247. The van der Waals surface area contributed by atoms with Crippen molar-refractivity contribution in [1.82, 2.24) is 5.06 Å². The van der Waals surface area contributed by atoms with E-state index in [1.807, 2.05) is 27.7 Å². The van der Waals surface area contributed by atoms with Crippen molar-refractivity contribution in [3.63, 3.8) is 0 Å². The highest BCUT2D eigenvalue weighted by molar-refractivity contribution is 5.76. The first-order valence-corrected chi connectivity index (χ1v) is 6.03. The third-order valence-electron chi connectivity index (χ3n) is 2.90. The SMILES string of the molecule is CCC1CCCN(O)C1C(=O)OC(C)(C)C. The predicted octanol–water partition coefficient (Wildman–Crippen LogP) is 2.21. The van der Waals surface area contributed by atoms with E-state index in [2.05, 4.69) is 0 Å². The van der Waals surface area contributed by atoms with E-state index in [1.54, 1.807) is 0 Å². The zero-order valence-corrected chi connectivity index (χ0v) is 10.7. The second-order valence-electron chi connectivity index (χ2n) is 5.45. The molecule has 4 heteroatoms. The van der Waals surface area contributed by atoms with Crippen LogP contribution < -0.4 is 0 Å². The molecule has 0 radical (unpaired) electrons. The Morgan fingerprint density at radius 2 is 2.12 bits per heavy atom. The Labute approximate surface area is 97.5 Å². The summed E-state index contributed by atoms with van der Waals surface area (Å²) in [5.41, 5.74) is -0.492. The molecular formula is C12H23NO3. The van der Waals surface area contributed by atoms with Crippen molar-refractivity contribution >= 4 is 5.97 Å². The maximum atomic E-state index is 12.0. The Morgan fingerprint density at radius 1 is 1.50 bits per heavy atom. The molecule has 0 spiro atoms. The minimum absolute atomic E-state index is 0.202. The van der Waals surface area contributed by atoms with E-state index >= 15 is 0 Å². The molecule has 4 nitrogen and oxygen atoms in total. The zero-order chi connectivity index (χ0) is 12.3. The van der Waals surface area contributed by atoms with Gasteiger partial charge in [-0.2, -0.15) is 5.06 Å². The van der Waals surface area contributed by atoms with E-state index < -0.39 is 11.6 Å². The highest BCUT2D eigenvalue weighted by atomic mass is 16.6. The fourth-order valence-electron chi connectivity index (χ4n) is 2.16. The Kier molecular flexibility index (Phi) is 4.33. The molecule has 2 unspecified atom stereocenters. The molecular weight excluding hydrogens is 206 g/mol. The van der Waals surface area contributed by atoms with Crippen LogP contribution in [0.1, 0.15) is 47.0 Å². The van der Waals surface area contributed by atoms with Crippen molar-refractivity contribution < 1.29 is 14.7 Å². The molecule has 1 aliphatic heterocycles. The van der Waals surface area contributed by atoms with Gasteiger partial charge in [-0.3, -0.25) is 4.79 Å². The summed E-state index contributed by atoms with van der Waals surface area (Å²) in [6.45, 7) is 8.13. The van der Waals surface area contributed by atoms with Gasteiger partial charge in [-0.1, -0.05) is 13.3 Å². The van der Waals surface area contributed by atoms with Crippen LogP contribution in [-0.2, 0) is 9.53 Å². The van der Waals surface area contributed by atoms with Gasteiger partial charge in [-0.15, -0.1) is 0 Å². The lowest BCUT2D eigenvalue weighted by molar-refractivity contribution is -0.198. The number of hydrogen-bond donors (Lipinski definition) is 1. The van der Waals surface area contributed by atoms with E-state index in [0.29, 0.717) is 6.54 Å². The van der Waals surface area contributed by atoms with Gasteiger partial charge >= 0.3 is 5.97 Å². The molecule has 1 saturated heterocycles. The van der Waals surface area contributed by atoms with E-state index in [1.165, 1.54) is 0 Å². The molecule has 0 aromatic heterocycles. The van der Waals surface area contributed by atoms with E-state index in [4.69, 9.17) is 4.74 Å². The van der Waals surface area contributed by atoms with Gasteiger partial charge in [0.1, 0.15) is 11.6 Å². The number of esters is 1. The summed E-state index contributed by atoms with van der Waals surface area (Å²) in [4.78, 5) is 12.0. The highest BCUT2D eigenvalue weighted by Crippen LogP contribution is 2.27. The molecule has 2 atom stereocenters. The summed E-state index contributed by atoms with van der Waals surface area (Å²) < 4.78 is 5.34. The molecule has 0 saturated carbocycles. The van der Waals surface area contributed by atoms with Crippen molar-refractivity contribution in [3.05, 3.63) is 0 Å². The third-order valence-corrected chi connectivity index (χ3v) is 2.90. The summed E-state index contributed by atoms with van der Waals surface area (Å²) in [7, 11) is 0. The Hall–Kier alpha value is -0.610. The van der Waals surface area contributed by atoms with Crippen molar-refractivity contribution in [3.8, 4) is 0 Å². The van der Waals surface area contributed by atoms with Gasteiger partial charge in [0.05, 0.1) is 0 Å². The van der Waals surface area contributed by atoms with Gasteiger partial charge in [0.15, 0.2) is 0 Å². The van der Waals surface area contributed by atoms with Crippen LogP contribution in [0.5, 0.6) is 0 Å². The van der Waals surface area contributed by atoms with Crippen molar-refractivity contribution in [2.75, 3.05) is 6.54 Å². The highest BCUT2D eigenvalue weighted by Gasteiger charge is 2.37. The van der Waals surface area contributed by atoms with Gasteiger partial charge in [-0.25, -0.2) is 0 Å². The lowest BCUT2D eigenvalue weighted by atomic mass is 9.88. The lowest BCUT2D eigenvalue weighted by Gasteiger charge is -2.36. The predicted molar refractivity (Wildman–Crippen MR) is 61.1 cm³/mol. The third kappa shape index (κ3) is 3.46. The fraction of sp³-hybridized carbons (Fsp3) is 0.917. The first-order valence-electron chi connectivity index (χ1n) is 6.03.